The van der Waals surface area contributed by atoms with Gasteiger partial charge >= 0.3 is 21.1 Å². The normalized spacial score (nSPS) is 20.4. The van der Waals surface area contributed by atoms with Crippen molar-refractivity contribution < 1.29 is 27.9 Å². The summed E-state index contributed by atoms with van der Waals surface area (Å²) >= 11 is 6.77. The van der Waals surface area contributed by atoms with E-state index in [0.29, 0.717) is 0 Å². The van der Waals surface area contributed by atoms with Crippen molar-refractivity contribution in [2.24, 2.45) is 0 Å². The van der Waals surface area contributed by atoms with Crippen LogP contribution in [0.2, 0.25) is 0 Å². The van der Waals surface area contributed by atoms with Gasteiger partial charge in [0.15, 0.2) is 0 Å². The Morgan fingerprint density at radius 2 is 0.772 bits per heavy atom. The second kappa shape index (κ2) is 18.3. The Balaban J connectivity index is 0.000000212. The molecule has 3 aromatic carbocycles. The smallest absolute Gasteiger partial charge is 0.405 e. The number of aryl methyl sites for hydroxylation is 3. The van der Waals surface area contributed by atoms with E-state index in [9.17, 15) is 0 Å². The molecule has 57 heavy (non-hydrogen) atoms. The third-order valence-corrected chi connectivity index (χ3v) is 12.9. The molecule has 3 fully saturated rings. The molecule has 6 rings (SSSR count). The fourth-order valence-corrected chi connectivity index (χ4v) is 7.02. The Hall–Kier alpha value is -2.03. The first-order valence-corrected chi connectivity index (χ1v) is 21.2. The molecule has 3 saturated heterocycles. The summed E-state index contributed by atoms with van der Waals surface area (Å²) in [7, 11) is 6.98. The van der Waals surface area contributed by atoms with Gasteiger partial charge in [-0.1, -0.05) is 44.0 Å². The lowest BCUT2D eigenvalue weighted by Gasteiger charge is -2.32. The van der Waals surface area contributed by atoms with Crippen LogP contribution in [0.15, 0.2) is 63.5 Å². The minimum Gasteiger partial charge on any atom is -0.405 e. The zero-order chi connectivity index (χ0) is 43.7. The monoisotopic (exact) mass is 913 g/mol. The van der Waals surface area contributed by atoms with Crippen LogP contribution in [0.1, 0.15) is 99.8 Å². The molecule has 0 amide bonds. The Morgan fingerprint density at radius 3 is 1.09 bits per heavy atom. The topological polar surface area (TPSA) is 87.9 Å². The molecule has 0 saturated carbocycles. The Labute approximate surface area is 363 Å². The summed E-state index contributed by atoms with van der Waals surface area (Å²) in [6.07, 6.45) is 0. The van der Waals surface area contributed by atoms with E-state index >= 15 is 0 Å². The van der Waals surface area contributed by atoms with Crippen molar-refractivity contribution in [2.45, 2.75) is 137 Å². The van der Waals surface area contributed by atoms with E-state index in [2.05, 4.69) is 148 Å². The van der Waals surface area contributed by atoms with E-state index in [1.54, 1.807) is 0 Å². The van der Waals surface area contributed by atoms with Gasteiger partial charge in [0.1, 0.15) is 0 Å². The zero-order valence-corrected chi connectivity index (χ0v) is 41.3. The van der Waals surface area contributed by atoms with Crippen molar-refractivity contribution in [3.05, 3.63) is 80.2 Å². The van der Waals surface area contributed by atoms with Crippen LogP contribution in [0.4, 0.5) is 17.1 Å². The number of anilines is 3. The molecule has 0 spiro atoms. The molecule has 0 atom stereocenters. The van der Waals surface area contributed by atoms with Gasteiger partial charge in [0.2, 0.25) is 0 Å². The largest absolute Gasteiger partial charge is 0.494 e. The molecule has 3 heterocycles. The van der Waals surface area contributed by atoms with Gasteiger partial charge in [-0.2, -0.15) is 0 Å². The molecular weight excluding hydrogens is 847 g/mol. The number of halogens is 2. The number of hydrogen-bond acceptors (Lipinski definition) is 9. The van der Waals surface area contributed by atoms with Crippen molar-refractivity contribution in [3.63, 3.8) is 0 Å². The van der Waals surface area contributed by atoms with Crippen molar-refractivity contribution in [1.29, 1.82) is 0 Å². The molecule has 3 aliphatic rings. The van der Waals surface area contributed by atoms with Crippen molar-refractivity contribution >= 4 is 75.5 Å². The third-order valence-electron chi connectivity index (χ3n) is 11.9. The van der Waals surface area contributed by atoms with Crippen LogP contribution in [0.3, 0.4) is 0 Å². The Bertz CT molecular complexity index is 1760. The average molecular weight is 915 g/mol. The fourth-order valence-electron chi connectivity index (χ4n) is 6.07. The first-order valence-electron chi connectivity index (χ1n) is 19.6. The van der Waals surface area contributed by atoms with Gasteiger partial charge in [-0.05, 0) is 168 Å². The highest BCUT2D eigenvalue weighted by Gasteiger charge is 2.63. The van der Waals surface area contributed by atoms with E-state index in [-0.39, 0.29) is 40.7 Å². The van der Waals surface area contributed by atoms with Crippen LogP contribution < -0.4 is 21.0 Å². The van der Waals surface area contributed by atoms with Crippen molar-refractivity contribution in [3.8, 4) is 0 Å². The maximum atomic E-state index is 6.07. The molecule has 0 aromatic heterocycles. The summed E-state index contributed by atoms with van der Waals surface area (Å²) in [5.41, 5.74) is 11.6. The molecule has 0 unspecified atom stereocenters. The second-order valence-corrected chi connectivity index (χ2v) is 20.4. The van der Waals surface area contributed by atoms with Gasteiger partial charge in [0, 0.05) is 54.2 Å². The van der Waals surface area contributed by atoms with Crippen LogP contribution in [-0.2, 0) is 27.9 Å². The minimum absolute atomic E-state index is 0.278. The average Bonchev–Trinajstić information content (AvgIpc) is 3.52. The van der Waals surface area contributed by atoms with Crippen LogP contribution in [0.25, 0.3) is 0 Å². The summed E-state index contributed by atoms with van der Waals surface area (Å²) in [4.78, 5) is 4.23. The highest BCUT2D eigenvalue weighted by molar-refractivity contribution is 9.10. The van der Waals surface area contributed by atoms with Gasteiger partial charge in [-0.25, -0.2) is 0 Å². The molecule has 3 aliphatic heterocycles. The number of nitrogens with two attached hydrogens (primary N) is 1. The number of hydrogen-bond donors (Lipinski definition) is 1. The van der Waals surface area contributed by atoms with Gasteiger partial charge < -0.3 is 43.5 Å². The number of nitrogens with zero attached hydrogens (tertiary/aromatic N) is 2. The number of benzene rings is 3. The SMILES string of the molecule is CC1(C)OB(B2OC(C)(C)C(C)(C)O2)OC1(C)C.Cc1cc(B2OC(C)(C)C(C)(C)O2)ccc1N(C)C.Cc1cc(Br)ccc1N.Cc1cc(Br)ccc1N(C)C. The highest BCUT2D eigenvalue weighted by Crippen LogP contribution is 2.43. The molecule has 0 aliphatic carbocycles. The lowest BCUT2D eigenvalue weighted by atomic mass is 9.49. The predicted molar refractivity (Wildman–Crippen MR) is 250 cm³/mol. The van der Waals surface area contributed by atoms with Gasteiger partial charge in [-0.15, -0.1) is 0 Å². The molecule has 314 valence electrons. The van der Waals surface area contributed by atoms with Gasteiger partial charge in [0.05, 0.1) is 33.6 Å². The molecule has 2 N–H and O–H groups in total. The molecule has 0 radical (unpaired) electrons. The minimum atomic E-state index is -0.476. The maximum absolute atomic E-state index is 6.07. The highest BCUT2D eigenvalue weighted by atomic mass is 79.9. The summed E-state index contributed by atoms with van der Waals surface area (Å²) in [6, 6.07) is 18.5. The summed E-state index contributed by atoms with van der Waals surface area (Å²) < 4.78 is 38.2. The maximum Gasteiger partial charge on any atom is 0.494 e. The lowest BCUT2D eigenvalue weighted by molar-refractivity contribution is 0.00578. The zero-order valence-electron chi connectivity index (χ0n) is 38.1. The van der Waals surface area contributed by atoms with Crippen molar-refractivity contribution in [1.82, 2.24) is 0 Å². The van der Waals surface area contributed by atoms with Crippen LogP contribution in [0, 0.1) is 20.8 Å². The van der Waals surface area contributed by atoms with E-state index in [1.807, 2.05) is 80.5 Å². The Kier molecular flexibility index (Phi) is 15.8. The van der Waals surface area contributed by atoms with Gasteiger partial charge in [0.25, 0.3) is 0 Å². The first-order chi connectivity index (χ1) is 25.8. The van der Waals surface area contributed by atoms with Gasteiger partial charge in [-0.3, -0.25) is 0 Å². The molecule has 3 aromatic rings. The van der Waals surface area contributed by atoms with Crippen LogP contribution in [-0.4, -0.2) is 82.9 Å². The van der Waals surface area contributed by atoms with E-state index in [4.69, 9.17) is 33.7 Å². The summed E-state index contributed by atoms with van der Waals surface area (Å²) in [5, 5.41) is 0. The molecular formula is C43H68B3Br2N3O6. The Morgan fingerprint density at radius 1 is 0.456 bits per heavy atom. The fraction of sp³-hybridized carbons (Fsp3) is 0.581. The molecule has 0 bridgehead atoms. The summed E-state index contributed by atoms with van der Waals surface area (Å²) in [6.45, 7) is 30.7. The predicted octanol–water partition coefficient (Wildman–Crippen LogP) is 9.77. The van der Waals surface area contributed by atoms with Crippen LogP contribution in [0.5, 0.6) is 0 Å². The van der Waals surface area contributed by atoms with E-state index in [0.717, 1.165) is 25.7 Å². The lowest BCUT2D eigenvalue weighted by Crippen LogP contribution is -2.41. The standard InChI is InChI=1S/C15H24BNO2.C12H24B2O4.C9H12BrN.C7H8BrN/c1-11-10-12(8-9-13(11)17(6)7)16-18-14(2,3)15(4,5)19-16;1-9(2)10(3,4)16-13(15-9)14-17-11(5,6)12(7,8)18-14;1-7-6-8(10)4-5-9(7)11(2)3;1-5-4-6(8)2-3-7(5)9/h8-10H,1-7H3;1-8H3;4-6H,1-3H3;2-4H,9H2,1H3. The first kappa shape index (κ1) is 49.3. The van der Waals surface area contributed by atoms with E-state index < -0.39 is 14.0 Å². The summed E-state index contributed by atoms with van der Waals surface area (Å²) in [5.74, 6) is 0. The quantitative estimate of drug-likeness (QED) is 0.203. The van der Waals surface area contributed by atoms with Crippen molar-refractivity contribution in [2.75, 3.05) is 43.7 Å². The molecule has 14 heteroatoms. The van der Waals surface area contributed by atoms with E-state index in [1.165, 1.54) is 22.5 Å². The number of nitrogen functional groups attached to an aromatic ring is 1. The number of rotatable bonds is 4. The van der Waals surface area contributed by atoms with Crippen LogP contribution >= 0.6 is 31.9 Å². The molecule has 9 nitrogen and oxygen atoms in total. The second-order valence-electron chi connectivity index (χ2n) is 18.6. The third kappa shape index (κ3) is 12.1.